The van der Waals surface area contributed by atoms with Crippen LogP contribution < -0.4 is 10.1 Å². The highest BCUT2D eigenvalue weighted by atomic mass is 35.5. The Balaban J connectivity index is 0.000000520. The highest BCUT2D eigenvalue weighted by molar-refractivity contribution is 8.00. The van der Waals surface area contributed by atoms with Crippen molar-refractivity contribution in [3.63, 3.8) is 0 Å². The first-order chi connectivity index (χ1) is 15.1. The van der Waals surface area contributed by atoms with Crippen LogP contribution in [-0.4, -0.2) is 44.2 Å². The van der Waals surface area contributed by atoms with Crippen LogP contribution in [-0.2, 0) is 0 Å². The van der Waals surface area contributed by atoms with Gasteiger partial charge in [-0.3, -0.25) is 4.79 Å². The Labute approximate surface area is 198 Å². The number of methoxy groups -OCH3 is 1. The number of carbonyl (C=O) groups is 1. The SMILES string of the molecule is CNC1CSC1.COc1cc(/C=C/C(c2cc(Cl)c(F)c(Cl)c2)C(F)(F)F)ccc1C=O. The fourth-order valence-electron chi connectivity index (χ4n) is 2.70. The molecule has 1 aliphatic heterocycles. The van der Waals surface area contributed by atoms with Crippen molar-refractivity contribution in [3.8, 4) is 5.75 Å². The van der Waals surface area contributed by atoms with Gasteiger partial charge in [0.25, 0.3) is 0 Å². The van der Waals surface area contributed by atoms with E-state index in [9.17, 15) is 22.4 Å². The number of halogens is 6. The van der Waals surface area contributed by atoms with E-state index in [-0.39, 0.29) is 16.9 Å². The third-order valence-corrected chi connectivity index (χ3v) is 6.46. The van der Waals surface area contributed by atoms with Crippen molar-refractivity contribution in [2.45, 2.75) is 18.1 Å². The average Bonchev–Trinajstić information content (AvgIpc) is 2.70. The molecule has 0 radical (unpaired) electrons. The largest absolute Gasteiger partial charge is 0.496 e. The molecule has 2 aromatic rings. The molecule has 1 N–H and O–H groups in total. The van der Waals surface area contributed by atoms with Crippen LogP contribution in [0.5, 0.6) is 5.75 Å². The molecule has 1 saturated heterocycles. The molecule has 0 spiro atoms. The number of thioether (sulfide) groups is 1. The van der Waals surface area contributed by atoms with Crippen LogP contribution in [0.3, 0.4) is 0 Å². The van der Waals surface area contributed by atoms with Gasteiger partial charge in [-0.2, -0.15) is 24.9 Å². The maximum absolute atomic E-state index is 13.5. The lowest BCUT2D eigenvalue weighted by atomic mass is 9.96. The molecule has 0 aromatic heterocycles. The van der Waals surface area contributed by atoms with E-state index in [0.717, 1.165) is 24.3 Å². The second-order valence-electron chi connectivity index (χ2n) is 6.82. The summed E-state index contributed by atoms with van der Waals surface area (Å²) in [7, 11) is 3.36. The minimum absolute atomic E-state index is 0.235. The molecule has 3 nitrogen and oxygen atoms in total. The second-order valence-corrected chi connectivity index (χ2v) is 8.71. The lowest BCUT2D eigenvalue weighted by Gasteiger charge is -2.23. The van der Waals surface area contributed by atoms with Crippen LogP contribution in [0.15, 0.2) is 36.4 Å². The predicted octanol–water partition coefficient (Wildman–Crippen LogP) is 6.63. The Hall–Kier alpha value is -1.74. The van der Waals surface area contributed by atoms with Crippen molar-refractivity contribution < 1.29 is 27.1 Å². The number of hydrogen-bond acceptors (Lipinski definition) is 4. The quantitative estimate of drug-likeness (QED) is 0.269. The van der Waals surface area contributed by atoms with Gasteiger partial charge in [0.15, 0.2) is 12.1 Å². The zero-order chi connectivity index (χ0) is 23.9. The molecule has 1 aliphatic rings. The molecule has 0 saturated carbocycles. The van der Waals surface area contributed by atoms with E-state index in [1.807, 2.05) is 18.8 Å². The minimum Gasteiger partial charge on any atom is -0.496 e. The maximum Gasteiger partial charge on any atom is 0.399 e. The highest BCUT2D eigenvalue weighted by Gasteiger charge is 2.39. The van der Waals surface area contributed by atoms with Crippen LogP contribution in [0.1, 0.15) is 27.4 Å². The van der Waals surface area contributed by atoms with E-state index < -0.39 is 28.0 Å². The molecule has 0 aliphatic carbocycles. The molecule has 0 amide bonds. The Kier molecular flexibility index (Phi) is 9.88. The highest BCUT2D eigenvalue weighted by Crippen LogP contribution is 2.39. The van der Waals surface area contributed by atoms with Crippen molar-refractivity contribution >= 4 is 47.3 Å². The van der Waals surface area contributed by atoms with E-state index >= 15 is 0 Å². The molecule has 32 heavy (non-hydrogen) atoms. The van der Waals surface area contributed by atoms with Gasteiger partial charge in [0.1, 0.15) is 5.75 Å². The van der Waals surface area contributed by atoms with E-state index in [1.54, 1.807) is 0 Å². The summed E-state index contributed by atoms with van der Waals surface area (Å²) in [5, 5.41) is 2.19. The van der Waals surface area contributed by atoms with Crippen molar-refractivity contribution in [1.29, 1.82) is 0 Å². The van der Waals surface area contributed by atoms with Gasteiger partial charge in [0, 0.05) is 17.5 Å². The monoisotopic (exact) mass is 509 g/mol. The number of ether oxygens (including phenoxy) is 1. The number of aldehydes is 1. The Morgan fingerprint density at radius 3 is 2.22 bits per heavy atom. The lowest BCUT2D eigenvalue weighted by molar-refractivity contribution is -0.139. The summed E-state index contributed by atoms with van der Waals surface area (Å²) < 4.78 is 58.8. The molecule has 2 aromatic carbocycles. The van der Waals surface area contributed by atoms with Gasteiger partial charge < -0.3 is 10.1 Å². The molecular formula is C22H21Cl2F4NO2S. The fourth-order valence-corrected chi connectivity index (χ4v) is 4.01. The van der Waals surface area contributed by atoms with Crippen LogP contribution in [0.25, 0.3) is 6.08 Å². The number of rotatable bonds is 6. The Morgan fingerprint density at radius 1 is 1.19 bits per heavy atom. The number of allylic oxidation sites excluding steroid dienone is 1. The van der Waals surface area contributed by atoms with Crippen molar-refractivity contribution in [2.24, 2.45) is 0 Å². The predicted molar refractivity (Wildman–Crippen MR) is 123 cm³/mol. The summed E-state index contributed by atoms with van der Waals surface area (Å²) in [5.41, 5.74) is 0.372. The molecule has 1 heterocycles. The van der Waals surface area contributed by atoms with Crippen molar-refractivity contribution in [1.82, 2.24) is 5.32 Å². The van der Waals surface area contributed by atoms with Crippen LogP contribution in [0, 0.1) is 5.82 Å². The van der Waals surface area contributed by atoms with E-state index in [2.05, 4.69) is 5.32 Å². The summed E-state index contributed by atoms with van der Waals surface area (Å²) in [4.78, 5) is 10.9. The first kappa shape index (κ1) is 26.5. The number of nitrogens with one attached hydrogen (secondary N) is 1. The molecule has 3 rings (SSSR count). The van der Waals surface area contributed by atoms with Crippen LogP contribution in [0.2, 0.25) is 10.0 Å². The summed E-state index contributed by atoms with van der Waals surface area (Å²) >= 11 is 13.2. The minimum atomic E-state index is -4.65. The summed E-state index contributed by atoms with van der Waals surface area (Å²) in [6.07, 6.45) is -1.95. The smallest absolute Gasteiger partial charge is 0.399 e. The van der Waals surface area contributed by atoms with Gasteiger partial charge in [0.2, 0.25) is 0 Å². The Morgan fingerprint density at radius 2 is 1.81 bits per heavy atom. The average molecular weight is 510 g/mol. The lowest BCUT2D eigenvalue weighted by Crippen LogP contribution is -2.37. The summed E-state index contributed by atoms with van der Waals surface area (Å²) in [6, 6.07) is 6.94. The zero-order valence-corrected chi connectivity index (χ0v) is 19.5. The van der Waals surface area contributed by atoms with Gasteiger partial charge in [-0.25, -0.2) is 4.39 Å². The summed E-state index contributed by atoms with van der Waals surface area (Å²) in [5.74, 6) is -0.155. The second kappa shape index (κ2) is 11.9. The van der Waals surface area contributed by atoms with Crippen LogP contribution >= 0.6 is 35.0 Å². The van der Waals surface area contributed by atoms with Gasteiger partial charge >= 0.3 is 6.18 Å². The molecule has 1 atom stereocenters. The van der Waals surface area contributed by atoms with Crippen molar-refractivity contribution in [3.05, 3.63) is 69.0 Å². The molecule has 174 valence electrons. The number of alkyl halides is 3. The van der Waals surface area contributed by atoms with Gasteiger partial charge in [-0.1, -0.05) is 41.4 Å². The fraction of sp³-hybridized carbons (Fsp3) is 0.318. The molecule has 0 bridgehead atoms. The normalized spacial score (nSPS) is 15.0. The number of hydrogen-bond donors (Lipinski definition) is 1. The third-order valence-electron chi connectivity index (χ3n) is 4.63. The topological polar surface area (TPSA) is 38.3 Å². The first-order valence-corrected chi connectivity index (χ1v) is 11.3. The zero-order valence-electron chi connectivity index (χ0n) is 17.2. The van der Waals surface area contributed by atoms with E-state index in [4.69, 9.17) is 27.9 Å². The number of benzene rings is 2. The summed E-state index contributed by atoms with van der Waals surface area (Å²) in [6.45, 7) is 0. The molecule has 10 heteroatoms. The van der Waals surface area contributed by atoms with Gasteiger partial charge in [-0.15, -0.1) is 0 Å². The standard InChI is InChI=1S/C18H12Cl2F4O2.C4H9NS/c1-26-16-6-10(2-4-11(16)9-25)3-5-13(18(22,23)24)12-7-14(19)17(21)15(20)8-12;1-5-4-2-6-3-4/h2-9,13H,1H3;4-5H,2-3H2,1H3/b5-3+;. The maximum atomic E-state index is 13.5. The molecule has 1 unspecified atom stereocenters. The molecule has 1 fully saturated rings. The van der Waals surface area contributed by atoms with Gasteiger partial charge in [0.05, 0.1) is 28.6 Å². The van der Waals surface area contributed by atoms with E-state index in [0.29, 0.717) is 11.8 Å². The van der Waals surface area contributed by atoms with Crippen molar-refractivity contribution in [2.75, 3.05) is 25.7 Å². The third kappa shape index (κ3) is 7.13. The number of carbonyl (C=O) groups excluding carboxylic acids is 1. The molecular weight excluding hydrogens is 489 g/mol. The van der Waals surface area contributed by atoms with E-state index in [1.165, 1.54) is 42.9 Å². The first-order valence-electron chi connectivity index (χ1n) is 9.38. The Bertz CT molecular complexity index is 940. The van der Waals surface area contributed by atoms with Gasteiger partial charge in [-0.05, 0) is 42.4 Å². The van der Waals surface area contributed by atoms with Crippen LogP contribution in [0.4, 0.5) is 17.6 Å².